The summed E-state index contributed by atoms with van der Waals surface area (Å²) < 4.78 is 18.9. The summed E-state index contributed by atoms with van der Waals surface area (Å²) in [6.45, 7) is 7.44. The van der Waals surface area contributed by atoms with Crippen LogP contribution in [-0.2, 0) is 4.79 Å². The fraction of sp³-hybridized carbons (Fsp3) is 0.562. The molecule has 0 saturated carbocycles. The van der Waals surface area contributed by atoms with Gasteiger partial charge >= 0.3 is 0 Å². The zero-order valence-electron chi connectivity index (χ0n) is 13.0. The van der Waals surface area contributed by atoms with Crippen molar-refractivity contribution in [2.45, 2.75) is 39.7 Å². The number of ether oxygens (including phenoxy) is 1. The Kier molecular flexibility index (Phi) is 7.75. The third-order valence-corrected chi connectivity index (χ3v) is 3.07. The van der Waals surface area contributed by atoms with Gasteiger partial charge in [0.05, 0.1) is 0 Å². The van der Waals surface area contributed by atoms with E-state index in [0.29, 0.717) is 12.3 Å². The van der Waals surface area contributed by atoms with E-state index in [9.17, 15) is 9.18 Å². The molecule has 0 aromatic heterocycles. The summed E-state index contributed by atoms with van der Waals surface area (Å²) in [7, 11) is 0. The molecule has 0 bridgehead atoms. The van der Waals surface area contributed by atoms with Crippen molar-refractivity contribution in [3.05, 3.63) is 29.6 Å². The number of hydrogen-bond acceptors (Lipinski definition) is 3. The van der Waals surface area contributed by atoms with Crippen molar-refractivity contribution in [2.75, 3.05) is 19.7 Å². The number of rotatable bonds is 9. The summed E-state index contributed by atoms with van der Waals surface area (Å²) in [5.74, 6) is -0.149. The minimum Gasteiger partial charge on any atom is -0.483 e. The average Bonchev–Trinajstić information content (AvgIpc) is 2.48. The molecule has 0 heterocycles. The zero-order chi connectivity index (χ0) is 15.7. The zero-order valence-corrected chi connectivity index (χ0v) is 13.0. The lowest BCUT2D eigenvalue weighted by atomic mass is 10.1. The van der Waals surface area contributed by atoms with E-state index in [1.165, 1.54) is 12.1 Å². The lowest BCUT2D eigenvalue weighted by Crippen LogP contribution is -2.29. The molecule has 1 atom stereocenters. The van der Waals surface area contributed by atoms with Gasteiger partial charge in [0.2, 0.25) is 0 Å². The molecule has 2 N–H and O–H groups in total. The molecular weight excluding hydrogens is 271 g/mol. The SMILES string of the molecule is CCCNC(=O)COc1cc(F)ccc1C(C)NCCC. The molecule has 1 amide bonds. The number of carbonyl (C=O) groups excluding carboxylic acids is 1. The van der Waals surface area contributed by atoms with Crippen molar-refractivity contribution >= 4 is 5.91 Å². The van der Waals surface area contributed by atoms with E-state index < -0.39 is 0 Å². The topological polar surface area (TPSA) is 50.4 Å². The molecule has 21 heavy (non-hydrogen) atoms. The van der Waals surface area contributed by atoms with Crippen LogP contribution in [0.15, 0.2) is 18.2 Å². The van der Waals surface area contributed by atoms with E-state index in [1.54, 1.807) is 6.07 Å². The molecule has 1 rings (SSSR count). The summed E-state index contributed by atoms with van der Waals surface area (Å²) in [5.41, 5.74) is 0.855. The highest BCUT2D eigenvalue weighted by atomic mass is 19.1. The maximum Gasteiger partial charge on any atom is 0.257 e. The molecule has 1 aromatic rings. The van der Waals surface area contributed by atoms with Crippen molar-refractivity contribution in [1.29, 1.82) is 0 Å². The quantitative estimate of drug-likeness (QED) is 0.737. The molecule has 0 aliphatic rings. The Morgan fingerprint density at radius 1 is 1.29 bits per heavy atom. The Bertz CT molecular complexity index is 452. The largest absolute Gasteiger partial charge is 0.483 e. The molecule has 0 saturated heterocycles. The second-order valence-electron chi connectivity index (χ2n) is 5.00. The summed E-state index contributed by atoms with van der Waals surface area (Å²) in [6, 6.07) is 4.47. The van der Waals surface area contributed by atoms with Crippen molar-refractivity contribution in [3.63, 3.8) is 0 Å². The standard InChI is InChI=1S/C16H25FN2O2/c1-4-8-18-12(3)14-7-6-13(17)10-15(14)21-11-16(20)19-9-5-2/h6-7,10,12,18H,4-5,8-9,11H2,1-3H3,(H,19,20). The lowest BCUT2D eigenvalue weighted by Gasteiger charge is -2.18. The van der Waals surface area contributed by atoms with Crippen LogP contribution in [0.1, 0.15) is 45.2 Å². The molecule has 0 radical (unpaired) electrons. The van der Waals surface area contributed by atoms with Gasteiger partial charge in [-0.1, -0.05) is 19.9 Å². The van der Waals surface area contributed by atoms with E-state index in [4.69, 9.17) is 4.74 Å². The lowest BCUT2D eigenvalue weighted by molar-refractivity contribution is -0.123. The second-order valence-corrected chi connectivity index (χ2v) is 5.00. The molecule has 0 spiro atoms. The van der Waals surface area contributed by atoms with Crippen LogP contribution < -0.4 is 15.4 Å². The molecule has 0 aliphatic heterocycles. The highest BCUT2D eigenvalue weighted by molar-refractivity contribution is 5.77. The van der Waals surface area contributed by atoms with Crippen LogP contribution in [0, 0.1) is 5.82 Å². The van der Waals surface area contributed by atoms with Crippen LogP contribution in [0.2, 0.25) is 0 Å². The monoisotopic (exact) mass is 296 g/mol. The van der Waals surface area contributed by atoms with Crippen LogP contribution in [0.5, 0.6) is 5.75 Å². The molecule has 0 aliphatic carbocycles. The highest BCUT2D eigenvalue weighted by Gasteiger charge is 2.13. The Hall–Kier alpha value is -1.62. The minimum absolute atomic E-state index is 0.0410. The van der Waals surface area contributed by atoms with Crippen LogP contribution in [0.3, 0.4) is 0 Å². The van der Waals surface area contributed by atoms with Crippen LogP contribution in [0.25, 0.3) is 0 Å². The maximum absolute atomic E-state index is 13.4. The molecular formula is C16H25FN2O2. The number of halogens is 1. The van der Waals surface area contributed by atoms with Gasteiger partial charge in [-0.15, -0.1) is 0 Å². The van der Waals surface area contributed by atoms with E-state index in [-0.39, 0.29) is 24.4 Å². The summed E-state index contributed by atoms with van der Waals surface area (Å²) in [4.78, 5) is 11.6. The first-order valence-corrected chi connectivity index (χ1v) is 7.50. The van der Waals surface area contributed by atoms with E-state index in [2.05, 4.69) is 17.6 Å². The van der Waals surface area contributed by atoms with Crippen LogP contribution >= 0.6 is 0 Å². The van der Waals surface area contributed by atoms with Crippen LogP contribution in [-0.4, -0.2) is 25.6 Å². The minimum atomic E-state index is -0.370. The summed E-state index contributed by atoms with van der Waals surface area (Å²) in [6.07, 6.45) is 1.88. The van der Waals surface area contributed by atoms with Gasteiger partial charge in [0, 0.05) is 24.2 Å². The fourth-order valence-corrected chi connectivity index (χ4v) is 1.92. The Morgan fingerprint density at radius 2 is 2.00 bits per heavy atom. The van der Waals surface area contributed by atoms with Crippen molar-refractivity contribution in [1.82, 2.24) is 10.6 Å². The number of amides is 1. The van der Waals surface area contributed by atoms with Gasteiger partial charge in [-0.2, -0.15) is 0 Å². The third-order valence-electron chi connectivity index (χ3n) is 3.07. The summed E-state index contributed by atoms with van der Waals surface area (Å²) >= 11 is 0. The number of nitrogens with one attached hydrogen (secondary N) is 2. The Labute approximate surface area is 126 Å². The first-order chi connectivity index (χ1) is 10.1. The molecule has 0 fully saturated rings. The van der Waals surface area contributed by atoms with Gasteiger partial charge < -0.3 is 15.4 Å². The summed E-state index contributed by atoms with van der Waals surface area (Å²) in [5, 5.41) is 6.05. The van der Waals surface area contributed by atoms with Gasteiger partial charge in [-0.25, -0.2) is 4.39 Å². The fourth-order valence-electron chi connectivity index (χ4n) is 1.92. The van der Waals surface area contributed by atoms with Gasteiger partial charge in [-0.05, 0) is 32.4 Å². The average molecular weight is 296 g/mol. The molecule has 118 valence electrons. The van der Waals surface area contributed by atoms with Gasteiger partial charge in [0.25, 0.3) is 5.91 Å². The highest BCUT2D eigenvalue weighted by Crippen LogP contribution is 2.26. The maximum atomic E-state index is 13.4. The molecule has 4 nitrogen and oxygen atoms in total. The predicted molar refractivity (Wildman–Crippen MR) is 81.9 cm³/mol. The first kappa shape index (κ1) is 17.4. The second kappa shape index (κ2) is 9.34. The first-order valence-electron chi connectivity index (χ1n) is 7.50. The number of benzene rings is 1. The van der Waals surface area contributed by atoms with Crippen molar-refractivity contribution < 1.29 is 13.9 Å². The Morgan fingerprint density at radius 3 is 2.67 bits per heavy atom. The molecule has 1 unspecified atom stereocenters. The van der Waals surface area contributed by atoms with E-state index in [0.717, 1.165) is 24.9 Å². The predicted octanol–water partition coefficient (Wildman–Crippen LogP) is 2.79. The number of carbonyl (C=O) groups is 1. The van der Waals surface area contributed by atoms with Gasteiger partial charge in [0.15, 0.2) is 6.61 Å². The Balaban J connectivity index is 2.70. The van der Waals surface area contributed by atoms with Crippen molar-refractivity contribution in [3.8, 4) is 5.75 Å². The van der Waals surface area contributed by atoms with E-state index >= 15 is 0 Å². The van der Waals surface area contributed by atoms with Crippen LogP contribution in [0.4, 0.5) is 4.39 Å². The van der Waals surface area contributed by atoms with Crippen molar-refractivity contribution in [2.24, 2.45) is 0 Å². The molecule has 5 heteroatoms. The molecule has 1 aromatic carbocycles. The third kappa shape index (κ3) is 6.12. The van der Waals surface area contributed by atoms with Gasteiger partial charge in [-0.3, -0.25) is 4.79 Å². The van der Waals surface area contributed by atoms with E-state index in [1.807, 2.05) is 13.8 Å². The number of hydrogen-bond donors (Lipinski definition) is 2. The van der Waals surface area contributed by atoms with Gasteiger partial charge in [0.1, 0.15) is 11.6 Å². The normalized spacial score (nSPS) is 12.0. The smallest absolute Gasteiger partial charge is 0.257 e.